The lowest BCUT2D eigenvalue weighted by atomic mass is 10.2. The van der Waals surface area contributed by atoms with E-state index in [9.17, 15) is 0 Å². The molecule has 0 aliphatic heterocycles. The summed E-state index contributed by atoms with van der Waals surface area (Å²) in [6.07, 6.45) is 0. The van der Waals surface area contributed by atoms with Crippen molar-refractivity contribution in [3.63, 3.8) is 0 Å². The summed E-state index contributed by atoms with van der Waals surface area (Å²) in [5, 5.41) is 0. The molecule has 0 aliphatic rings. The van der Waals surface area contributed by atoms with Gasteiger partial charge in [-0.2, -0.15) is 0 Å². The molecule has 0 atom stereocenters. The van der Waals surface area contributed by atoms with Gasteiger partial charge in [-0.25, -0.2) is 0 Å². The monoisotopic (exact) mass is 422 g/mol. The van der Waals surface area contributed by atoms with E-state index in [1.807, 2.05) is 42.5 Å². The first kappa shape index (κ1) is 13.2. The molecule has 0 heterocycles. The molecule has 0 unspecified atom stereocenters. The predicted octanol–water partition coefficient (Wildman–Crippen LogP) is 5.58. The van der Waals surface area contributed by atoms with Crippen LogP contribution >= 0.6 is 50.1 Å². The highest BCUT2D eigenvalue weighted by Crippen LogP contribution is 2.30. The van der Waals surface area contributed by atoms with Gasteiger partial charge in [0, 0.05) is 10.4 Å². The summed E-state index contributed by atoms with van der Waals surface area (Å²) in [6.45, 7) is 0. The first-order valence-corrected chi connectivity index (χ1v) is 7.38. The van der Waals surface area contributed by atoms with Crippen LogP contribution in [0.5, 0.6) is 11.5 Å². The maximum atomic E-state index is 5.81. The zero-order valence-corrected chi connectivity index (χ0v) is 13.3. The van der Waals surface area contributed by atoms with Crippen LogP contribution in [-0.2, 0) is 5.88 Å². The second-order valence-corrected chi connectivity index (χ2v) is 5.70. The van der Waals surface area contributed by atoms with E-state index in [0.29, 0.717) is 5.88 Å². The van der Waals surface area contributed by atoms with E-state index in [2.05, 4.69) is 38.5 Å². The molecule has 2 rings (SSSR count). The van der Waals surface area contributed by atoms with E-state index >= 15 is 0 Å². The Morgan fingerprint density at radius 3 is 2.59 bits per heavy atom. The molecule has 0 bridgehead atoms. The highest BCUT2D eigenvalue weighted by atomic mass is 127. The van der Waals surface area contributed by atoms with Crippen LogP contribution in [0.25, 0.3) is 0 Å². The minimum Gasteiger partial charge on any atom is -0.456 e. The standard InChI is InChI=1S/C13H9BrClIO/c14-11-7-10(6-5-9(11)8-15)17-13-4-2-1-3-12(13)16/h1-7H,8H2. The number of alkyl halides is 1. The van der Waals surface area contributed by atoms with Crippen molar-refractivity contribution < 1.29 is 4.74 Å². The minimum absolute atomic E-state index is 0.490. The lowest BCUT2D eigenvalue weighted by Gasteiger charge is -2.09. The van der Waals surface area contributed by atoms with E-state index < -0.39 is 0 Å². The van der Waals surface area contributed by atoms with E-state index in [1.54, 1.807) is 0 Å². The van der Waals surface area contributed by atoms with Crippen molar-refractivity contribution in [2.45, 2.75) is 5.88 Å². The van der Waals surface area contributed by atoms with E-state index in [0.717, 1.165) is 25.1 Å². The number of para-hydroxylation sites is 1. The molecule has 0 amide bonds. The zero-order valence-electron chi connectivity index (χ0n) is 8.79. The fourth-order valence-corrected chi connectivity index (χ4v) is 2.74. The van der Waals surface area contributed by atoms with Gasteiger partial charge in [-0.05, 0) is 52.4 Å². The molecular weight excluding hydrogens is 414 g/mol. The van der Waals surface area contributed by atoms with Crippen molar-refractivity contribution in [1.82, 2.24) is 0 Å². The first-order valence-electron chi connectivity index (χ1n) is 4.97. The Kier molecular flexibility index (Phi) is 4.70. The number of halogens is 3. The molecule has 0 aliphatic carbocycles. The van der Waals surface area contributed by atoms with E-state index in [4.69, 9.17) is 16.3 Å². The van der Waals surface area contributed by atoms with E-state index in [-0.39, 0.29) is 0 Å². The lowest BCUT2D eigenvalue weighted by Crippen LogP contribution is -1.88. The third-order valence-corrected chi connectivity index (χ3v) is 4.15. The maximum Gasteiger partial charge on any atom is 0.140 e. The third kappa shape index (κ3) is 3.36. The van der Waals surface area contributed by atoms with Crippen molar-refractivity contribution in [1.29, 1.82) is 0 Å². The van der Waals surface area contributed by atoms with Gasteiger partial charge >= 0.3 is 0 Å². The number of benzene rings is 2. The Bertz CT molecular complexity index is 531. The Balaban J connectivity index is 2.25. The van der Waals surface area contributed by atoms with Crippen LogP contribution in [-0.4, -0.2) is 0 Å². The third-order valence-electron chi connectivity index (χ3n) is 2.23. The van der Waals surface area contributed by atoms with Crippen LogP contribution in [0.3, 0.4) is 0 Å². The number of hydrogen-bond acceptors (Lipinski definition) is 1. The van der Waals surface area contributed by atoms with Crippen LogP contribution in [0.4, 0.5) is 0 Å². The Labute approximate surface area is 127 Å². The van der Waals surface area contributed by atoms with Gasteiger partial charge in [0.15, 0.2) is 0 Å². The molecular formula is C13H9BrClIO. The number of ether oxygens (including phenoxy) is 1. The van der Waals surface area contributed by atoms with Crippen molar-refractivity contribution in [3.8, 4) is 11.5 Å². The summed E-state index contributed by atoms with van der Waals surface area (Å²) in [7, 11) is 0. The van der Waals surface area contributed by atoms with Crippen molar-refractivity contribution in [2.24, 2.45) is 0 Å². The molecule has 0 radical (unpaired) electrons. The van der Waals surface area contributed by atoms with E-state index in [1.165, 1.54) is 0 Å². The molecule has 0 saturated carbocycles. The molecule has 88 valence electrons. The summed E-state index contributed by atoms with van der Waals surface area (Å²) < 4.78 is 7.86. The molecule has 0 spiro atoms. The van der Waals surface area contributed by atoms with Crippen LogP contribution in [0.15, 0.2) is 46.9 Å². The first-order chi connectivity index (χ1) is 8.20. The summed E-state index contributed by atoms with van der Waals surface area (Å²) in [5.41, 5.74) is 1.06. The SMILES string of the molecule is ClCc1ccc(Oc2ccccc2I)cc1Br. The van der Waals surface area contributed by atoms with Gasteiger partial charge in [-0.15, -0.1) is 11.6 Å². The fraction of sp³-hybridized carbons (Fsp3) is 0.0769. The molecule has 0 saturated heterocycles. The molecule has 2 aromatic carbocycles. The van der Waals surface area contributed by atoms with Crippen molar-refractivity contribution in [3.05, 3.63) is 56.1 Å². The molecule has 4 heteroatoms. The lowest BCUT2D eigenvalue weighted by molar-refractivity contribution is 0.479. The average Bonchev–Trinajstić information content (AvgIpc) is 2.32. The van der Waals surface area contributed by atoms with Crippen molar-refractivity contribution >= 4 is 50.1 Å². The van der Waals surface area contributed by atoms with Gasteiger partial charge in [0.05, 0.1) is 3.57 Å². The molecule has 17 heavy (non-hydrogen) atoms. The smallest absolute Gasteiger partial charge is 0.140 e. The van der Waals surface area contributed by atoms with Gasteiger partial charge < -0.3 is 4.74 Å². The predicted molar refractivity (Wildman–Crippen MR) is 82.9 cm³/mol. The summed E-state index contributed by atoms with van der Waals surface area (Å²) >= 11 is 11.5. The minimum atomic E-state index is 0.490. The van der Waals surface area contributed by atoms with Crippen LogP contribution in [0.2, 0.25) is 0 Å². The quantitative estimate of drug-likeness (QED) is 0.462. The molecule has 1 nitrogen and oxygen atoms in total. The Morgan fingerprint density at radius 2 is 1.94 bits per heavy atom. The normalized spacial score (nSPS) is 10.3. The zero-order chi connectivity index (χ0) is 12.3. The Morgan fingerprint density at radius 1 is 1.18 bits per heavy atom. The Hall–Kier alpha value is -0.260. The van der Waals surface area contributed by atoms with Gasteiger partial charge in [-0.3, -0.25) is 0 Å². The van der Waals surface area contributed by atoms with Gasteiger partial charge in [-0.1, -0.05) is 34.1 Å². The van der Waals surface area contributed by atoms with Crippen LogP contribution < -0.4 is 4.74 Å². The fourth-order valence-electron chi connectivity index (χ4n) is 1.35. The van der Waals surface area contributed by atoms with Crippen LogP contribution in [0.1, 0.15) is 5.56 Å². The van der Waals surface area contributed by atoms with Crippen molar-refractivity contribution in [2.75, 3.05) is 0 Å². The summed E-state index contributed by atoms with van der Waals surface area (Å²) in [6, 6.07) is 13.7. The highest BCUT2D eigenvalue weighted by Gasteiger charge is 2.04. The number of rotatable bonds is 3. The van der Waals surface area contributed by atoms with Gasteiger partial charge in [0.1, 0.15) is 11.5 Å². The molecule has 0 fully saturated rings. The second kappa shape index (κ2) is 6.07. The maximum absolute atomic E-state index is 5.81. The molecule has 2 aromatic rings. The van der Waals surface area contributed by atoms with Gasteiger partial charge in [0.2, 0.25) is 0 Å². The molecule has 0 aromatic heterocycles. The molecule has 0 N–H and O–H groups in total. The summed E-state index contributed by atoms with van der Waals surface area (Å²) in [4.78, 5) is 0. The highest BCUT2D eigenvalue weighted by molar-refractivity contribution is 14.1. The summed E-state index contributed by atoms with van der Waals surface area (Å²) in [5.74, 6) is 2.15. The number of hydrogen-bond donors (Lipinski definition) is 0. The second-order valence-electron chi connectivity index (χ2n) is 3.42. The van der Waals surface area contributed by atoms with Gasteiger partial charge in [0.25, 0.3) is 0 Å². The average molecular weight is 423 g/mol. The van der Waals surface area contributed by atoms with Crippen LogP contribution in [0, 0.1) is 3.57 Å². The topological polar surface area (TPSA) is 9.23 Å². The largest absolute Gasteiger partial charge is 0.456 e.